The lowest BCUT2D eigenvalue weighted by atomic mass is 9.90. The maximum atomic E-state index is 13.2. The van der Waals surface area contributed by atoms with Crippen LogP contribution in [0.4, 0.5) is 0 Å². The Morgan fingerprint density at radius 2 is 1.35 bits per heavy atom. The maximum Gasteiger partial charge on any atom is 0.342 e. The molecule has 2 aromatic carbocycles. The van der Waals surface area contributed by atoms with Gasteiger partial charge in [0, 0.05) is 5.39 Å². The molecule has 0 radical (unpaired) electrons. The lowest BCUT2D eigenvalue weighted by molar-refractivity contribution is -0.277. The predicted octanol–water partition coefficient (Wildman–Crippen LogP) is -1.88. The van der Waals surface area contributed by atoms with Crippen molar-refractivity contribution in [3.05, 3.63) is 28.8 Å². The number of aryl methyl sites for hydroxylation is 1. The van der Waals surface area contributed by atoms with E-state index in [1.807, 2.05) is 13.8 Å². The SMILES string of the molecule is COC(=O)c1c(OC2OC(CO)C(O)C(O)C2O)cc(C(C)C)c2cc(C)c(OC3OC(CO)C(O)C(O)C3O)c(O)c12. The number of aliphatic hydroxyl groups is 8. The molecule has 9 N–H and O–H groups in total. The molecule has 240 valence electrons. The zero-order chi connectivity index (χ0) is 31.9. The summed E-state index contributed by atoms with van der Waals surface area (Å²) in [5.74, 6) is -2.36. The van der Waals surface area contributed by atoms with E-state index in [-0.39, 0.29) is 28.4 Å². The van der Waals surface area contributed by atoms with E-state index in [2.05, 4.69) is 0 Å². The molecular weight excluding hydrogens is 576 g/mol. The minimum absolute atomic E-state index is 0.122. The average Bonchev–Trinajstić information content (AvgIpc) is 2.98. The molecule has 0 bridgehead atoms. The number of phenolic OH excluding ortho intramolecular Hbond substituents is 1. The van der Waals surface area contributed by atoms with Gasteiger partial charge in [-0.1, -0.05) is 13.8 Å². The molecule has 0 aliphatic carbocycles. The van der Waals surface area contributed by atoms with Gasteiger partial charge in [0.2, 0.25) is 12.6 Å². The topological polar surface area (TPSA) is 245 Å². The molecule has 2 fully saturated rings. The number of benzene rings is 2. The van der Waals surface area contributed by atoms with Crippen molar-refractivity contribution in [1.82, 2.24) is 0 Å². The summed E-state index contributed by atoms with van der Waals surface area (Å²) >= 11 is 0. The number of esters is 1. The van der Waals surface area contributed by atoms with E-state index in [1.54, 1.807) is 13.0 Å². The van der Waals surface area contributed by atoms with Crippen molar-refractivity contribution in [3.8, 4) is 17.2 Å². The van der Waals surface area contributed by atoms with Crippen molar-refractivity contribution >= 4 is 16.7 Å². The summed E-state index contributed by atoms with van der Waals surface area (Å²) in [6.45, 7) is 3.79. The van der Waals surface area contributed by atoms with Crippen molar-refractivity contribution < 1.29 is 74.4 Å². The average molecular weight is 615 g/mol. The number of hydrogen-bond donors (Lipinski definition) is 9. The molecule has 0 amide bonds. The number of phenols is 1. The molecule has 2 aliphatic rings. The van der Waals surface area contributed by atoms with Crippen molar-refractivity contribution in [2.24, 2.45) is 0 Å². The van der Waals surface area contributed by atoms with Gasteiger partial charge in [0.15, 0.2) is 11.5 Å². The summed E-state index contributed by atoms with van der Waals surface area (Å²) in [6.07, 6.45) is -16.3. The fourth-order valence-electron chi connectivity index (χ4n) is 5.27. The molecule has 2 aliphatic heterocycles. The van der Waals surface area contributed by atoms with Crippen molar-refractivity contribution in [2.75, 3.05) is 20.3 Å². The predicted molar refractivity (Wildman–Crippen MR) is 145 cm³/mol. The van der Waals surface area contributed by atoms with Crippen LogP contribution in [-0.2, 0) is 14.2 Å². The van der Waals surface area contributed by atoms with Crippen LogP contribution in [0.3, 0.4) is 0 Å². The Morgan fingerprint density at radius 1 is 0.837 bits per heavy atom. The third-order valence-electron chi connectivity index (χ3n) is 7.72. The van der Waals surface area contributed by atoms with E-state index in [4.69, 9.17) is 23.7 Å². The molecule has 15 heteroatoms. The van der Waals surface area contributed by atoms with Gasteiger partial charge in [0.05, 0.1) is 20.3 Å². The molecule has 2 aromatic rings. The minimum atomic E-state index is -1.81. The summed E-state index contributed by atoms with van der Waals surface area (Å²) in [5, 5.41) is 92.7. The van der Waals surface area contributed by atoms with Gasteiger partial charge in [-0.15, -0.1) is 0 Å². The number of ether oxygens (including phenoxy) is 5. The summed E-state index contributed by atoms with van der Waals surface area (Å²) < 4.78 is 27.5. The Bertz CT molecular complexity index is 1310. The van der Waals surface area contributed by atoms with Crippen LogP contribution in [0.25, 0.3) is 10.8 Å². The Balaban J connectivity index is 1.89. The monoisotopic (exact) mass is 614 g/mol. The molecule has 43 heavy (non-hydrogen) atoms. The second kappa shape index (κ2) is 13.0. The van der Waals surface area contributed by atoms with Gasteiger partial charge < -0.3 is 69.6 Å². The van der Waals surface area contributed by atoms with Gasteiger partial charge >= 0.3 is 5.97 Å². The van der Waals surface area contributed by atoms with Gasteiger partial charge in [-0.25, -0.2) is 4.79 Å². The van der Waals surface area contributed by atoms with Gasteiger partial charge in [0.1, 0.15) is 60.1 Å². The first-order valence-corrected chi connectivity index (χ1v) is 13.6. The number of hydrogen-bond acceptors (Lipinski definition) is 15. The van der Waals surface area contributed by atoms with E-state index in [1.165, 1.54) is 6.07 Å². The molecule has 2 saturated heterocycles. The summed E-state index contributed by atoms with van der Waals surface area (Å²) in [4.78, 5) is 13.2. The number of aromatic hydroxyl groups is 1. The first-order chi connectivity index (χ1) is 20.3. The quantitative estimate of drug-likeness (QED) is 0.148. The fraction of sp³-hybridized carbons (Fsp3) is 0.607. The molecule has 2 heterocycles. The highest BCUT2D eigenvalue weighted by molar-refractivity contribution is 6.11. The number of rotatable bonds is 8. The van der Waals surface area contributed by atoms with Crippen molar-refractivity contribution in [3.63, 3.8) is 0 Å². The molecule has 10 atom stereocenters. The van der Waals surface area contributed by atoms with Gasteiger partial charge in [-0.3, -0.25) is 0 Å². The molecule has 10 unspecified atom stereocenters. The normalized spacial score (nSPS) is 33.0. The number of fused-ring (bicyclic) bond motifs is 1. The van der Waals surface area contributed by atoms with E-state index in [9.17, 15) is 50.8 Å². The second-order valence-corrected chi connectivity index (χ2v) is 10.9. The van der Waals surface area contributed by atoms with Crippen LogP contribution >= 0.6 is 0 Å². The lowest BCUT2D eigenvalue weighted by Gasteiger charge is -2.40. The third-order valence-corrected chi connectivity index (χ3v) is 7.72. The van der Waals surface area contributed by atoms with E-state index >= 15 is 0 Å². The van der Waals surface area contributed by atoms with E-state index in [0.717, 1.165) is 7.11 Å². The molecular formula is C28H38O15. The number of aliphatic hydroxyl groups excluding tert-OH is 8. The largest absolute Gasteiger partial charge is 0.504 e. The van der Waals surface area contributed by atoms with Crippen LogP contribution in [0.2, 0.25) is 0 Å². The van der Waals surface area contributed by atoms with Crippen molar-refractivity contribution in [1.29, 1.82) is 0 Å². The zero-order valence-corrected chi connectivity index (χ0v) is 23.9. The van der Waals surface area contributed by atoms with Gasteiger partial charge in [0.25, 0.3) is 0 Å². The Kier molecular flexibility index (Phi) is 10.0. The highest BCUT2D eigenvalue weighted by atomic mass is 16.7. The second-order valence-electron chi connectivity index (χ2n) is 10.9. The van der Waals surface area contributed by atoms with Crippen LogP contribution in [0, 0.1) is 6.92 Å². The Morgan fingerprint density at radius 3 is 1.81 bits per heavy atom. The standard InChI is InChI=1S/C28H38O15/c1-9(2)11-6-13(40-27-23(36)21(34)18(31)14(7-29)41-27)17(26(38)39-4)16-12(11)5-10(3)25(20(16)33)43-28-24(37)22(35)19(32)15(8-30)42-28/h5-6,9,14-15,18-19,21-24,27-37H,7-8H2,1-4H3. The first kappa shape index (κ1) is 33.1. The van der Waals surface area contributed by atoms with Crippen LogP contribution in [0.5, 0.6) is 17.2 Å². The maximum absolute atomic E-state index is 13.2. The third kappa shape index (κ3) is 5.98. The lowest BCUT2D eigenvalue weighted by Crippen LogP contribution is -2.60. The summed E-state index contributed by atoms with van der Waals surface area (Å²) in [5.41, 5.74) is 0.539. The molecule has 0 aromatic heterocycles. The van der Waals surface area contributed by atoms with Gasteiger partial charge in [-0.05, 0) is 41.5 Å². The zero-order valence-electron chi connectivity index (χ0n) is 23.9. The van der Waals surface area contributed by atoms with Crippen molar-refractivity contribution in [2.45, 2.75) is 88.1 Å². The molecule has 0 saturated carbocycles. The highest BCUT2D eigenvalue weighted by Gasteiger charge is 2.46. The fourth-order valence-corrected chi connectivity index (χ4v) is 5.27. The minimum Gasteiger partial charge on any atom is -0.504 e. The summed E-state index contributed by atoms with van der Waals surface area (Å²) in [7, 11) is 1.08. The molecule has 15 nitrogen and oxygen atoms in total. The first-order valence-electron chi connectivity index (χ1n) is 13.6. The smallest absolute Gasteiger partial charge is 0.342 e. The summed E-state index contributed by atoms with van der Waals surface area (Å²) in [6, 6.07) is 3.06. The Labute approximate surface area is 246 Å². The number of carbonyl (C=O) groups excluding carboxylic acids is 1. The van der Waals surface area contributed by atoms with E-state index in [0.29, 0.717) is 16.5 Å². The van der Waals surface area contributed by atoms with Crippen LogP contribution in [0.1, 0.15) is 41.3 Å². The Hall–Kier alpha value is -2.83. The number of carbonyl (C=O) groups is 1. The van der Waals surface area contributed by atoms with E-state index < -0.39 is 86.3 Å². The van der Waals surface area contributed by atoms with Crippen LogP contribution < -0.4 is 9.47 Å². The molecule has 4 rings (SSSR count). The molecule has 0 spiro atoms. The van der Waals surface area contributed by atoms with Crippen LogP contribution in [0.15, 0.2) is 12.1 Å². The van der Waals surface area contributed by atoms with Crippen LogP contribution in [-0.4, -0.2) is 134 Å². The number of methoxy groups -OCH3 is 1. The highest BCUT2D eigenvalue weighted by Crippen LogP contribution is 2.47. The van der Waals surface area contributed by atoms with Gasteiger partial charge in [-0.2, -0.15) is 0 Å².